The van der Waals surface area contributed by atoms with Gasteiger partial charge in [0.15, 0.2) is 0 Å². The summed E-state index contributed by atoms with van der Waals surface area (Å²) in [6, 6.07) is 6.40. The Morgan fingerprint density at radius 3 is 2.18 bits per heavy atom. The molecule has 0 fully saturated rings. The van der Waals surface area contributed by atoms with Crippen molar-refractivity contribution in [1.82, 2.24) is 14.1 Å². The van der Waals surface area contributed by atoms with Crippen molar-refractivity contribution in [3.05, 3.63) is 116 Å². The van der Waals surface area contributed by atoms with Crippen LogP contribution in [0.1, 0.15) is 71.0 Å². The summed E-state index contributed by atoms with van der Waals surface area (Å²) in [4.78, 5) is 17.8. The van der Waals surface area contributed by atoms with Gasteiger partial charge in [-0.1, -0.05) is 25.5 Å². The summed E-state index contributed by atoms with van der Waals surface area (Å²) in [5, 5.41) is 11.2. The molecule has 0 saturated heterocycles. The zero-order valence-electron chi connectivity index (χ0n) is 21.9. The van der Waals surface area contributed by atoms with E-state index in [4.69, 9.17) is 0 Å². The molecule has 2 aromatic heterocycles. The predicted octanol–water partition coefficient (Wildman–Crippen LogP) is 6.73. The fourth-order valence-electron chi connectivity index (χ4n) is 4.67. The minimum absolute atomic E-state index is 0.0233. The van der Waals surface area contributed by atoms with E-state index in [0.29, 0.717) is 24.2 Å². The summed E-state index contributed by atoms with van der Waals surface area (Å²) in [7, 11) is 0. The Balaban J connectivity index is 1.86. The first-order valence-corrected chi connectivity index (χ1v) is 12.4. The van der Waals surface area contributed by atoms with Gasteiger partial charge >= 0.3 is 6.18 Å². The quantitative estimate of drug-likeness (QED) is 0.262. The molecule has 2 atom stereocenters. The van der Waals surface area contributed by atoms with Crippen molar-refractivity contribution in [2.75, 3.05) is 0 Å². The van der Waals surface area contributed by atoms with E-state index in [-0.39, 0.29) is 23.1 Å². The Morgan fingerprint density at radius 1 is 0.974 bits per heavy atom. The maximum atomic E-state index is 14.4. The van der Waals surface area contributed by atoms with E-state index < -0.39 is 46.6 Å². The van der Waals surface area contributed by atoms with E-state index in [9.17, 15) is 31.9 Å². The van der Waals surface area contributed by atoms with E-state index in [0.717, 1.165) is 28.1 Å². The average molecular weight is 546 g/mol. The van der Waals surface area contributed by atoms with Gasteiger partial charge in [-0.3, -0.25) is 4.79 Å². The van der Waals surface area contributed by atoms with Crippen molar-refractivity contribution in [3.63, 3.8) is 0 Å². The van der Waals surface area contributed by atoms with Crippen molar-refractivity contribution in [1.29, 1.82) is 0 Å². The Labute approximate surface area is 222 Å². The number of alkyl halides is 3. The Bertz CT molecular complexity index is 1550. The number of pyridine rings is 1. The molecule has 0 bridgehead atoms. The summed E-state index contributed by atoms with van der Waals surface area (Å²) in [5.41, 5.74) is -0.292. The van der Waals surface area contributed by atoms with Gasteiger partial charge in [0.05, 0.1) is 29.2 Å². The predicted molar refractivity (Wildman–Crippen MR) is 137 cm³/mol. The van der Waals surface area contributed by atoms with Gasteiger partial charge in [0, 0.05) is 23.6 Å². The molecule has 0 spiro atoms. The molecule has 4 aromatic rings. The van der Waals surface area contributed by atoms with Gasteiger partial charge in [0.1, 0.15) is 17.7 Å². The first-order chi connectivity index (χ1) is 18.3. The van der Waals surface area contributed by atoms with Gasteiger partial charge in [-0.25, -0.2) is 13.8 Å². The van der Waals surface area contributed by atoms with E-state index in [1.54, 1.807) is 43.1 Å². The van der Waals surface area contributed by atoms with Gasteiger partial charge in [0.2, 0.25) is 0 Å². The molecule has 39 heavy (non-hydrogen) atoms. The van der Waals surface area contributed by atoms with E-state index in [2.05, 4.69) is 4.98 Å². The maximum absolute atomic E-state index is 14.4. The monoisotopic (exact) mass is 545 g/mol. The molecule has 0 aliphatic rings. The van der Waals surface area contributed by atoms with Gasteiger partial charge < -0.3 is 14.2 Å². The third kappa shape index (κ3) is 5.66. The highest BCUT2D eigenvalue weighted by Gasteiger charge is 2.34. The van der Waals surface area contributed by atoms with Crippen LogP contribution in [0, 0.1) is 32.4 Å². The Kier molecular flexibility index (Phi) is 7.79. The number of aliphatic hydroxyl groups is 1. The molecule has 206 valence electrons. The van der Waals surface area contributed by atoms with Gasteiger partial charge in [-0.15, -0.1) is 0 Å². The first-order valence-electron chi connectivity index (χ1n) is 12.4. The van der Waals surface area contributed by atoms with E-state index in [1.807, 2.05) is 6.92 Å². The van der Waals surface area contributed by atoms with Crippen LogP contribution in [-0.4, -0.2) is 19.2 Å². The van der Waals surface area contributed by atoms with Crippen LogP contribution >= 0.6 is 0 Å². The van der Waals surface area contributed by atoms with Crippen LogP contribution in [0.5, 0.6) is 0 Å². The van der Waals surface area contributed by atoms with Crippen molar-refractivity contribution in [3.8, 4) is 5.69 Å². The molecular formula is C29H28F5N3O2. The second-order valence-electron chi connectivity index (χ2n) is 9.68. The van der Waals surface area contributed by atoms with Crippen LogP contribution in [-0.2, 0) is 6.18 Å². The first kappa shape index (κ1) is 28.2. The normalized spacial score (nSPS) is 13.5. The van der Waals surface area contributed by atoms with Crippen molar-refractivity contribution >= 4 is 0 Å². The summed E-state index contributed by atoms with van der Waals surface area (Å²) in [5.74, 6) is -1.73. The van der Waals surface area contributed by atoms with E-state index >= 15 is 0 Å². The van der Waals surface area contributed by atoms with Crippen LogP contribution in [0.3, 0.4) is 0 Å². The van der Waals surface area contributed by atoms with Crippen LogP contribution in [0.4, 0.5) is 22.0 Å². The van der Waals surface area contributed by atoms with Crippen LogP contribution in [0.15, 0.2) is 59.9 Å². The number of aromatic nitrogens is 3. The second-order valence-corrected chi connectivity index (χ2v) is 9.68. The molecule has 0 radical (unpaired) electrons. The zero-order valence-corrected chi connectivity index (χ0v) is 21.9. The minimum Gasteiger partial charge on any atom is -0.383 e. The number of imidazole rings is 1. The second kappa shape index (κ2) is 10.8. The number of aryl methyl sites for hydroxylation is 2. The molecule has 0 saturated carbocycles. The van der Waals surface area contributed by atoms with Gasteiger partial charge in [-0.05, 0) is 68.1 Å². The largest absolute Gasteiger partial charge is 0.417 e. The van der Waals surface area contributed by atoms with Crippen molar-refractivity contribution < 1.29 is 27.1 Å². The highest BCUT2D eigenvalue weighted by atomic mass is 19.4. The Hall–Kier alpha value is -3.79. The number of halogens is 5. The number of aliphatic hydroxyl groups excluding tert-OH is 1. The lowest BCUT2D eigenvalue weighted by atomic mass is 9.96. The van der Waals surface area contributed by atoms with Gasteiger partial charge in [-0.2, -0.15) is 13.2 Å². The van der Waals surface area contributed by atoms with E-state index in [1.165, 1.54) is 13.0 Å². The lowest BCUT2D eigenvalue weighted by Crippen LogP contribution is -2.31. The molecule has 10 heteroatoms. The third-order valence-electron chi connectivity index (χ3n) is 6.80. The molecule has 5 nitrogen and oxygen atoms in total. The third-order valence-corrected chi connectivity index (χ3v) is 6.80. The molecule has 4 rings (SSSR count). The molecule has 2 unspecified atom stereocenters. The highest BCUT2D eigenvalue weighted by Crippen LogP contribution is 2.34. The molecule has 0 aliphatic heterocycles. The molecule has 2 aromatic carbocycles. The molecule has 0 aliphatic carbocycles. The summed E-state index contributed by atoms with van der Waals surface area (Å²) in [6.07, 6.45) is -1.92. The fourth-order valence-corrected chi connectivity index (χ4v) is 4.67. The number of rotatable bonds is 7. The summed E-state index contributed by atoms with van der Waals surface area (Å²) >= 11 is 0. The lowest BCUT2D eigenvalue weighted by molar-refractivity contribution is -0.138. The number of hydrogen-bond donors (Lipinski definition) is 1. The van der Waals surface area contributed by atoms with Crippen LogP contribution in [0.25, 0.3) is 5.69 Å². The number of hydrogen-bond acceptors (Lipinski definition) is 3. The van der Waals surface area contributed by atoms with Crippen molar-refractivity contribution in [2.45, 2.75) is 58.9 Å². The van der Waals surface area contributed by atoms with Crippen LogP contribution in [0.2, 0.25) is 0 Å². The highest BCUT2D eigenvalue weighted by molar-refractivity contribution is 5.45. The fraction of sp³-hybridized carbons (Fsp3) is 0.310. The molecule has 0 amide bonds. The molecule has 1 N–H and O–H groups in total. The minimum atomic E-state index is -4.84. The van der Waals surface area contributed by atoms with Crippen molar-refractivity contribution in [2.24, 2.45) is 0 Å². The lowest BCUT2D eigenvalue weighted by Gasteiger charge is -2.24. The summed E-state index contributed by atoms with van der Waals surface area (Å²) in [6.45, 7) is 6.58. The average Bonchev–Trinajstić information content (AvgIpc) is 3.30. The Morgan fingerprint density at radius 2 is 1.64 bits per heavy atom. The number of benzene rings is 2. The van der Waals surface area contributed by atoms with Gasteiger partial charge in [0.25, 0.3) is 5.56 Å². The summed E-state index contributed by atoms with van der Waals surface area (Å²) < 4.78 is 73.3. The SMILES string of the molecule is CCCC(c1cc(F)c(C)c(F)c1)n1cc(C(F)(F)F)cc(C(O)c2ccc(-n3cnc(C)c3)c(C)c2)c1=O. The topological polar surface area (TPSA) is 60.1 Å². The zero-order chi connectivity index (χ0) is 28.6. The molecular weight excluding hydrogens is 517 g/mol. The molecule has 2 heterocycles. The number of nitrogens with zero attached hydrogens (tertiary/aromatic N) is 3. The van der Waals surface area contributed by atoms with Crippen LogP contribution < -0.4 is 5.56 Å². The maximum Gasteiger partial charge on any atom is 0.417 e. The standard InChI is InChI=1S/C29H28F5N3O2/c1-5-6-26(20-10-23(30)18(4)24(31)11-20)37-14-21(29(32,33)34)12-22(28(37)39)27(38)19-7-8-25(16(2)9-19)36-13-17(3)35-15-36/h7-15,26-27,38H,5-6H2,1-4H3. The smallest absolute Gasteiger partial charge is 0.383 e.